The molecule has 0 bridgehead atoms. The van der Waals surface area contributed by atoms with Gasteiger partial charge in [-0.1, -0.05) is 0 Å². The number of pyridine rings is 1. The quantitative estimate of drug-likeness (QED) is 0.754. The van der Waals surface area contributed by atoms with Crippen molar-refractivity contribution in [2.24, 2.45) is 0 Å². The van der Waals surface area contributed by atoms with E-state index >= 15 is 0 Å². The molecular weight excluding hydrogens is 270 g/mol. The van der Waals surface area contributed by atoms with Crippen molar-refractivity contribution < 1.29 is 0 Å². The Hall–Kier alpha value is -1.88. The zero-order valence-electron chi connectivity index (χ0n) is 12.0. The van der Waals surface area contributed by atoms with Gasteiger partial charge in [0, 0.05) is 24.7 Å². The van der Waals surface area contributed by atoms with Crippen LogP contribution in [0.2, 0.25) is 0 Å². The summed E-state index contributed by atoms with van der Waals surface area (Å²) in [4.78, 5) is 15.0. The zero-order valence-corrected chi connectivity index (χ0v) is 12.8. The molecule has 1 aromatic heterocycles. The molecule has 0 saturated carbocycles. The third kappa shape index (κ3) is 3.17. The number of thiocarbonyl (C=S) groups is 1. The smallest absolute Gasteiger partial charge is 0.251 e. The summed E-state index contributed by atoms with van der Waals surface area (Å²) in [7, 11) is 1.77. The fraction of sp³-hybridized carbons (Fsp3) is 0.333. The van der Waals surface area contributed by atoms with Gasteiger partial charge in [-0.3, -0.25) is 4.79 Å². The first-order valence-electron chi connectivity index (χ1n) is 6.60. The predicted molar refractivity (Wildman–Crippen MR) is 87.4 cm³/mol. The van der Waals surface area contributed by atoms with Crippen molar-refractivity contribution in [1.29, 1.82) is 0 Å². The first-order valence-corrected chi connectivity index (χ1v) is 7.01. The van der Waals surface area contributed by atoms with Gasteiger partial charge in [-0.2, -0.15) is 0 Å². The summed E-state index contributed by atoms with van der Waals surface area (Å²) in [6, 6.07) is 6.09. The van der Waals surface area contributed by atoms with Crippen molar-refractivity contribution in [2.45, 2.75) is 20.3 Å². The van der Waals surface area contributed by atoms with Crippen LogP contribution in [0.1, 0.15) is 16.7 Å². The number of benzene rings is 1. The molecule has 0 aliphatic carbocycles. The Labute approximate surface area is 123 Å². The van der Waals surface area contributed by atoms with E-state index in [-0.39, 0.29) is 5.56 Å². The molecular formula is C15H19N3OS. The predicted octanol–water partition coefficient (Wildman–Crippen LogP) is 1.78. The number of nitrogens with one attached hydrogen (secondary N) is 3. The van der Waals surface area contributed by atoms with E-state index in [9.17, 15) is 4.79 Å². The summed E-state index contributed by atoms with van der Waals surface area (Å²) in [5, 5.41) is 7.55. The number of aromatic amines is 1. The van der Waals surface area contributed by atoms with Crippen LogP contribution in [0, 0.1) is 13.8 Å². The lowest BCUT2D eigenvalue weighted by Gasteiger charge is -2.08. The molecule has 2 aromatic rings. The van der Waals surface area contributed by atoms with Gasteiger partial charge in [-0.05, 0) is 67.2 Å². The van der Waals surface area contributed by atoms with Crippen molar-refractivity contribution in [3.63, 3.8) is 0 Å². The highest BCUT2D eigenvalue weighted by Crippen LogP contribution is 2.17. The highest BCUT2D eigenvalue weighted by Gasteiger charge is 2.05. The standard InChI is InChI=1S/C15H19N3OS/c1-9-6-12-8-11(4-5-17-15(20)16-3)14(19)18-13(12)7-10(9)2/h6-8H,4-5H2,1-3H3,(H,18,19)(H2,16,17,20). The molecule has 3 N–H and O–H groups in total. The molecule has 0 aliphatic heterocycles. The Bertz CT molecular complexity index is 706. The van der Waals surface area contributed by atoms with Crippen molar-refractivity contribution in [1.82, 2.24) is 15.6 Å². The molecule has 0 radical (unpaired) electrons. The number of hydrogen-bond acceptors (Lipinski definition) is 2. The monoisotopic (exact) mass is 289 g/mol. The fourth-order valence-electron chi connectivity index (χ4n) is 2.11. The lowest BCUT2D eigenvalue weighted by molar-refractivity contribution is 0.843. The summed E-state index contributed by atoms with van der Waals surface area (Å²) < 4.78 is 0. The van der Waals surface area contributed by atoms with Crippen LogP contribution in [0.15, 0.2) is 23.0 Å². The Morgan fingerprint density at radius 2 is 1.95 bits per heavy atom. The number of fused-ring (bicyclic) bond motifs is 1. The van der Waals surface area contributed by atoms with Crippen LogP contribution in [0.3, 0.4) is 0 Å². The van der Waals surface area contributed by atoms with Gasteiger partial charge >= 0.3 is 0 Å². The van der Waals surface area contributed by atoms with E-state index in [1.807, 2.05) is 19.1 Å². The topological polar surface area (TPSA) is 56.9 Å². The third-order valence-electron chi connectivity index (χ3n) is 3.44. The van der Waals surface area contributed by atoms with Gasteiger partial charge < -0.3 is 15.6 Å². The van der Waals surface area contributed by atoms with Crippen LogP contribution in [-0.2, 0) is 6.42 Å². The Morgan fingerprint density at radius 3 is 2.65 bits per heavy atom. The molecule has 4 nitrogen and oxygen atoms in total. The minimum atomic E-state index is -0.0297. The van der Waals surface area contributed by atoms with Crippen LogP contribution in [0.25, 0.3) is 10.9 Å². The second-order valence-electron chi connectivity index (χ2n) is 4.90. The lowest BCUT2D eigenvalue weighted by atomic mass is 10.0. The molecule has 0 atom stereocenters. The summed E-state index contributed by atoms with van der Waals surface area (Å²) in [5.74, 6) is 0. The number of hydrogen-bond donors (Lipinski definition) is 3. The molecule has 20 heavy (non-hydrogen) atoms. The van der Waals surface area contributed by atoms with Crippen molar-refractivity contribution in [3.05, 3.63) is 45.2 Å². The van der Waals surface area contributed by atoms with Crippen LogP contribution < -0.4 is 16.2 Å². The van der Waals surface area contributed by atoms with Gasteiger partial charge in [-0.15, -0.1) is 0 Å². The number of aromatic nitrogens is 1. The van der Waals surface area contributed by atoms with E-state index in [4.69, 9.17) is 12.2 Å². The Kier molecular flexibility index (Phi) is 4.39. The van der Waals surface area contributed by atoms with E-state index in [0.29, 0.717) is 18.1 Å². The highest BCUT2D eigenvalue weighted by molar-refractivity contribution is 7.80. The molecule has 0 unspecified atom stereocenters. The van der Waals surface area contributed by atoms with Gasteiger partial charge in [0.2, 0.25) is 0 Å². The van der Waals surface area contributed by atoms with Gasteiger partial charge in [0.1, 0.15) is 0 Å². The fourth-order valence-corrected chi connectivity index (χ4v) is 2.21. The first-order chi connectivity index (χ1) is 9.51. The zero-order chi connectivity index (χ0) is 14.7. The molecule has 2 rings (SSSR count). The van der Waals surface area contributed by atoms with E-state index in [0.717, 1.165) is 16.5 Å². The van der Waals surface area contributed by atoms with Crippen LogP contribution >= 0.6 is 12.2 Å². The minimum Gasteiger partial charge on any atom is -0.366 e. The van der Waals surface area contributed by atoms with E-state index in [2.05, 4.69) is 28.6 Å². The molecule has 0 saturated heterocycles. The summed E-state index contributed by atoms with van der Waals surface area (Å²) in [6.07, 6.45) is 0.639. The second kappa shape index (κ2) is 6.05. The van der Waals surface area contributed by atoms with E-state index < -0.39 is 0 Å². The number of aryl methyl sites for hydroxylation is 2. The van der Waals surface area contributed by atoms with Crippen molar-refractivity contribution >= 4 is 28.2 Å². The second-order valence-corrected chi connectivity index (χ2v) is 5.31. The third-order valence-corrected chi connectivity index (χ3v) is 3.79. The Balaban J connectivity index is 2.26. The van der Waals surface area contributed by atoms with Crippen molar-refractivity contribution in [3.8, 4) is 0 Å². The van der Waals surface area contributed by atoms with E-state index in [1.54, 1.807) is 7.05 Å². The molecule has 0 amide bonds. The van der Waals surface area contributed by atoms with Crippen LogP contribution in [0.4, 0.5) is 0 Å². The highest BCUT2D eigenvalue weighted by atomic mass is 32.1. The molecule has 1 heterocycles. The van der Waals surface area contributed by atoms with Crippen LogP contribution in [-0.4, -0.2) is 23.7 Å². The summed E-state index contributed by atoms with van der Waals surface area (Å²) >= 11 is 5.00. The molecule has 0 spiro atoms. The normalized spacial score (nSPS) is 10.6. The van der Waals surface area contributed by atoms with Crippen LogP contribution in [0.5, 0.6) is 0 Å². The minimum absolute atomic E-state index is 0.0297. The molecule has 0 fully saturated rings. The van der Waals surface area contributed by atoms with Gasteiger partial charge in [0.05, 0.1) is 0 Å². The molecule has 106 valence electrons. The largest absolute Gasteiger partial charge is 0.366 e. The first kappa shape index (κ1) is 14.5. The molecule has 5 heteroatoms. The average Bonchev–Trinajstić information content (AvgIpc) is 2.41. The maximum atomic E-state index is 12.0. The lowest BCUT2D eigenvalue weighted by Crippen LogP contribution is -2.34. The molecule has 1 aromatic carbocycles. The van der Waals surface area contributed by atoms with Gasteiger partial charge in [-0.25, -0.2) is 0 Å². The van der Waals surface area contributed by atoms with Gasteiger partial charge in [0.25, 0.3) is 5.56 Å². The van der Waals surface area contributed by atoms with E-state index in [1.165, 1.54) is 11.1 Å². The van der Waals surface area contributed by atoms with Gasteiger partial charge in [0.15, 0.2) is 5.11 Å². The molecule has 0 aliphatic rings. The van der Waals surface area contributed by atoms with Crippen molar-refractivity contribution in [2.75, 3.05) is 13.6 Å². The maximum absolute atomic E-state index is 12.0. The SMILES string of the molecule is CNC(=S)NCCc1cc2cc(C)c(C)cc2[nH]c1=O. The Morgan fingerprint density at radius 1 is 1.25 bits per heavy atom. The number of rotatable bonds is 3. The summed E-state index contributed by atoms with van der Waals surface area (Å²) in [6.45, 7) is 4.76. The summed E-state index contributed by atoms with van der Waals surface area (Å²) in [5.41, 5.74) is 4.04. The average molecular weight is 289 g/mol. The number of H-pyrrole nitrogens is 1. The maximum Gasteiger partial charge on any atom is 0.251 e.